The van der Waals surface area contributed by atoms with Gasteiger partial charge < -0.3 is 14.6 Å². The molecule has 0 amide bonds. The molecule has 0 aliphatic rings. The predicted octanol–water partition coefficient (Wildman–Crippen LogP) is 7.66. The molecule has 0 bridgehead atoms. The lowest BCUT2D eigenvalue weighted by Gasteiger charge is -2.25. The Labute approximate surface area is 299 Å². The van der Waals surface area contributed by atoms with Crippen molar-refractivity contribution in [3.8, 4) is 5.75 Å². The van der Waals surface area contributed by atoms with Crippen LogP contribution in [0.4, 0.5) is 0 Å². The number of carbonyl (C=O) groups excluding carboxylic acids is 1. The van der Waals surface area contributed by atoms with Crippen molar-refractivity contribution in [3.63, 3.8) is 0 Å². The number of esters is 1. The molecule has 5 aromatic rings. The van der Waals surface area contributed by atoms with Crippen LogP contribution in [0.25, 0.3) is 0 Å². The first kappa shape index (κ1) is 36.7. The third-order valence-electron chi connectivity index (χ3n) is 8.37. The zero-order valence-electron chi connectivity index (χ0n) is 28.2. The Kier molecular flexibility index (Phi) is 12.8. The van der Waals surface area contributed by atoms with Crippen LogP contribution in [-0.2, 0) is 40.6 Å². The Bertz CT molecular complexity index is 1960. The highest BCUT2D eigenvalue weighted by Crippen LogP contribution is 2.33. The molecule has 0 saturated carbocycles. The molecule has 0 aliphatic carbocycles. The summed E-state index contributed by atoms with van der Waals surface area (Å²) < 4.78 is 39.1. The standard InChI is InChI=1S/C40H41ClN2O6S/c1-3-10-32-23-35(24-36(40(45)48-2)39(32)49-28-31-13-8-5-9-14-31)50(46,47)34-18-15-29(16-19-34)21-22-43(26-30-11-6-4-7-12-30)27-37(44)33-17-20-38(41)42-25-33/h4-9,11-20,23-25,37,44H,3,10,21-22,26-28H2,1-2H3/t37-/m0/s1. The molecular weight excluding hydrogens is 672 g/mol. The Morgan fingerprint density at radius 2 is 1.54 bits per heavy atom. The second kappa shape index (κ2) is 17.4. The fourth-order valence-corrected chi connectivity index (χ4v) is 7.15. The number of carbonyl (C=O) groups is 1. The molecule has 1 heterocycles. The maximum atomic E-state index is 14.0. The zero-order chi connectivity index (χ0) is 35.5. The van der Waals surface area contributed by atoms with Gasteiger partial charge >= 0.3 is 5.97 Å². The van der Waals surface area contributed by atoms with E-state index in [4.69, 9.17) is 21.1 Å². The number of benzene rings is 4. The molecule has 1 N–H and O–H groups in total. The van der Waals surface area contributed by atoms with Gasteiger partial charge in [0.05, 0.1) is 23.0 Å². The summed E-state index contributed by atoms with van der Waals surface area (Å²) in [5.74, 6) is -0.343. The minimum Gasteiger partial charge on any atom is -0.488 e. The molecule has 8 nitrogen and oxygen atoms in total. The third-order valence-corrected chi connectivity index (χ3v) is 10.3. The number of aryl methyl sites for hydroxylation is 1. The Hall–Kier alpha value is -4.54. The van der Waals surface area contributed by atoms with Gasteiger partial charge in [0.2, 0.25) is 9.84 Å². The number of methoxy groups -OCH3 is 1. The lowest BCUT2D eigenvalue weighted by atomic mass is 10.0. The minimum atomic E-state index is -3.99. The number of pyridine rings is 1. The molecule has 0 saturated heterocycles. The van der Waals surface area contributed by atoms with Crippen molar-refractivity contribution in [2.45, 2.75) is 55.2 Å². The van der Waals surface area contributed by atoms with Crippen molar-refractivity contribution < 1.29 is 27.8 Å². The molecule has 0 spiro atoms. The summed E-state index contributed by atoms with van der Waals surface area (Å²) in [6.07, 6.45) is 2.67. The summed E-state index contributed by atoms with van der Waals surface area (Å²) in [5.41, 5.74) is 4.34. The molecule has 0 aliphatic heterocycles. The van der Waals surface area contributed by atoms with Crippen molar-refractivity contribution in [2.75, 3.05) is 20.2 Å². The highest BCUT2D eigenvalue weighted by Gasteiger charge is 2.26. The van der Waals surface area contributed by atoms with Crippen molar-refractivity contribution in [1.29, 1.82) is 0 Å². The number of nitrogens with zero attached hydrogens (tertiary/aromatic N) is 2. The molecule has 0 radical (unpaired) electrons. The van der Waals surface area contributed by atoms with E-state index in [0.29, 0.717) is 54.5 Å². The van der Waals surface area contributed by atoms with Gasteiger partial charge in [-0.2, -0.15) is 0 Å². The van der Waals surface area contributed by atoms with Gasteiger partial charge in [-0.15, -0.1) is 0 Å². The average Bonchev–Trinajstić information content (AvgIpc) is 3.14. The number of aliphatic hydroxyl groups is 1. The maximum Gasteiger partial charge on any atom is 0.341 e. The van der Waals surface area contributed by atoms with E-state index in [1.807, 2.05) is 67.6 Å². The maximum absolute atomic E-state index is 14.0. The van der Waals surface area contributed by atoms with Crippen LogP contribution in [0.15, 0.2) is 125 Å². The smallest absolute Gasteiger partial charge is 0.341 e. The SMILES string of the molecule is CCCc1cc(S(=O)(=O)c2ccc(CCN(Cc3ccccc3)C[C@H](O)c3ccc(Cl)nc3)cc2)cc(C(=O)OC)c1OCc1ccccc1. The van der Waals surface area contributed by atoms with Gasteiger partial charge in [-0.3, -0.25) is 4.90 Å². The Morgan fingerprint density at radius 1 is 0.860 bits per heavy atom. The zero-order valence-corrected chi connectivity index (χ0v) is 29.7. The molecule has 50 heavy (non-hydrogen) atoms. The van der Waals surface area contributed by atoms with E-state index in [1.54, 1.807) is 48.7 Å². The van der Waals surface area contributed by atoms with Crippen molar-refractivity contribution in [3.05, 3.63) is 154 Å². The van der Waals surface area contributed by atoms with Gasteiger partial charge in [-0.05, 0) is 65.4 Å². The van der Waals surface area contributed by atoms with Gasteiger partial charge in [0.15, 0.2) is 0 Å². The van der Waals surface area contributed by atoms with Crippen molar-refractivity contribution in [1.82, 2.24) is 9.88 Å². The molecule has 0 fully saturated rings. The average molecular weight is 713 g/mol. The van der Waals surface area contributed by atoms with Crippen LogP contribution in [0.2, 0.25) is 5.15 Å². The van der Waals surface area contributed by atoms with E-state index in [2.05, 4.69) is 9.88 Å². The quantitative estimate of drug-likeness (QED) is 0.0821. The Balaban J connectivity index is 1.35. The van der Waals surface area contributed by atoms with Gasteiger partial charge in [0.25, 0.3) is 0 Å². The first-order chi connectivity index (χ1) is 24.2. The molecule has 260 valence electrons. The lowest BCUT2D eigenvalue weighted by molar-refractivity contribution is 0.0595. The van der Waals surface area contributed by atoms with E-state index >= 15 is 0 Å². The molecule has 1 atom stereocenters. The third kappa shape index (κ3) is 9.57. The molecular formula is C40H41ClN2O6S. The van der Waals surface area contributed by atoms with Gasteiger partial charge in [0.1, 0.15) is 23.1 Å². The van der Waals surface area contributed by atoms with Crippen LogP contribution in [0.5, 0.6) is 5.75 Å². The van der Waals surface area contributed by atoms with E-state index < -0.39 is 21.9 Å². The highest BCUT2D eigenvalue weighted by atomic mass is 35.5. The molecule has 5 rings (SSSR count). The topological polar surface area (TPSA) is 106 Å². The molecule has 1 aromatic heterocycles. The Morgan fingerprint density at radius 3 is 2.16 bits per heavy atom. The number of ether oxygens (including phenoxy) is 2. The number of rotatable bonds is 16. The summed E-state index contributed by atoms with van der Waals surface area (Å²) in [4.78, 5) is 19.3. The van der Waals surface area contributed by atoms with E-state index in [1.165, 1.54) is 13.2 Å². The number of hydrogen-bond donors (Lipinski definition) is 1. The van der Waals surface area contributed by atoms with Crippen LogP contribution >= 0.6 is 11.6 Å². The first-order valence-electron chi connectivity index (χ1n) is 16.5. The number of aromatic nitrogens is 1. The van der Waals surface area contributed by atoms with E-state index in [0.717, 1.165) is 23.1 Å². The summed E-state index contributed by atoms with van der Waals surface area (Å²) >= 11 is 5.94. The summed E-state index contributed by atoms with van der Waals surface area (Å²) in [6, 6.07) is 32.7. The van der Waals surface area contributed by atoms with Crippen LogP contribution in [0.3, 0.4) is 0 Å². The molecule has 4 aromatic carbocycles. The van der Waals surface area contributed by atoms with E-state index in [-0.39, 0.29) is 22.0 Å². The number of sulfone groups is 1. The largest absolute Gasteiger partial charge is 0.488 e. The minimum absolute atomic E-state index is 0.000809. The summed E-state index contributed by atoms with van der Waals surface area (Å²) in [7, 11) is -2.73. The summed E-state index contributed by atoms with van der Waals surface area (Å²) in [5, 5.41) is 11.3. The predicted molar refractivity (Wildman–Crippen MR) is 194 cm³/mol. The molecule has 0 unspecified atom stereocenters. The van der Waals surface area contributed by atoms with Gasteiger partial charge in [0, 0.05) is 31.4 Å². The van der Waals surface area contributed by atoms with Crippen LogP contribution in [0, 0.1) is 0 Å². The number of aliphatic hydroxyl groups excluding tert-OH is 1. The second-order valence-electron chi connectivity index (χ2n) is 12.0. The fraction of sp³-hybridized carbons (Fsp3) is 0.250. The first-order valence-corrected chi connectivity index (χ1v) is 18.4. The highest BCUT2D eigenvalue weighted by molar-refractivity contribution is 7.91. The number of halogens is 1. The van der Waals surface area contributed by atoms with Crippen LogP contribution in [-0.4, -0.2) is 49.6 Å². The van der Waals surface area contributed by atoms with Crippen molar-refractivity contribution in [2.24, 2.45) is 0 Å². The normalized spacial score (nSPS) is 12.1. The summed E-state index contributed by atoms with van der Waals surface area (Å²) in [6.45, 7) is 3.81. The van der Waals surface area contributed by atoms with Gasteiger partial charge in [-0.1, -0.05) is 104 Å². The fourth-order valence-electron chi connectivity index (χ4n) is 5.70. The monoisotopic (exact) mass is 712 g/mol. The van der Waals surface area contributed by atoms with Gasteiger partial charge in [-0.25, -0.2) is 18.2 Å². The van der Waals surface area contributed by atoms with Crippen molar-refractivity contribution >= 4 is 27.4 Å². The lowest BCUT2D eigenvalue weighted by Crippen LogP contribution is -2.30. The molecule has 10 heteroatoms. The van der Waals surface area contributed by atoms with E-state index in [9.17, 15) is 18.3 Å². The van der Waals surface area contributed by atoms with Crippen LogP contribution < -0.4 is 4.74 Å². The number of hydrogen-bond acceptors (Lipinski definition) is 8. The van der Waals surface area contributed by atoms with Crippen LogP contribution in [0.1, 0.15) is 57.6 Å². The second-order valence-corrected chi connectivity index (χ2v) is 14.4.